The average Bonchev–Trinajstić information content (AvgIpc) is 4.00. The Kier molecular flexibility index (Phi) is 6.52. The van der Waals surface area contributed by atoms with Gasteiger partial charge < -0.3 is 18.0 Å². The molecule has 0 saturated carbocycles. The molecule has 8 heteroatoms. The molecule has 0 unspecified atom stereocenters. The third-order valence-corrected chi connectivity index (χ3v) is 11.6. The lowest BCUT2D eigenvalue weighted by Gasteiger charge is -2.22. The molecule has 0 aliphatic heterocycles. The summed E-state index contributed by atoms with van der Waals surface area (Å²) in [5.74, 6) is 0. The fourth-order valence-electron chi connectivity index (χ4n) is 9.19. The average molecular weight is 758 g/mol. The zero-order chi connectivity index (χ0) is 38.9. The molecule has 12 aromatic rings. The van der Waals surface area contributed by atoms with Gasteiger partial charge in [0.1, 0.15) is 22.3 Å². The van der Waals surface area contributed by atoms with Crippen LogP contribution in [0.4, 0.5) is 13.2 Å². The number of aromatic nitrogens is 2. The zero-order valence-corrected chi connectivity index (χ0v) is 30.3. The highest BCUT2D eigenvalue weighted by atomic mass is 19.4. The number of fused-ring (bicyclic) bond motifs is 14. The van der Waals surface area contributed by atoms with Gasteiger partial charge in [-0.2, -0.15) is 18.4 Å². The first-order valence-corrected chi connectivity index (χ1v) is 18.8. The molecular weight excluding hydrogens is 732 g/mol. The number of nitrogens with zero attached hydrogens (tertiary/aromatic N) is 3. The summed E-state index contributed by atoms with van der Waals surface area (Å²) in [6.45, 7) is 0. The Balaban J connectivity index is 1.30. The summed E-state index contributed by atoms with van der Waals surface area (Å²) in [5.41, 5.74) is 6.18. The summed E-state index contributed by atoms with van der Waals surface area (Å²) < 4.78 is 64.8. The number of alkyl halides is 3. The van der Waals surface area contributed by atoms with E-state index in [9.17, 15) is 5.26 Å². The molecule has 12 rings (SSSR count). The fraction of sp³-hybridized carbons (Fsp3) is 0.0200. The van der Waals surface area contributed by atoms with Crippen molar-refractivity contribution >= 4 is 87.5 Å². The summed E-state index contributed by atoms with van der Waals surface area (Å²) in [7, 11) is 0. The molecule has 0 N–H and O–H groups in total. The van der Waals surface area contributed by atoms with Crippen LogP contribution in [0.5, 0.6) is 0 Å². The lowest BCUT2D eigenvalue weighted by molar-refractivity contribution is -0.137. The third kappa shape index (κ3) is 4.41. The first-order chi connectivity index (χ1) is 28.4. The van der Waals surface area contributed by atoms with Crippen LogP contribution in [0.2, 0.25) is 0 Å². The van der Waals surface area contributed by atoms with Crippen LogP contribution in [0.15, 0.2) is 167 Å². The Morgan fingerprint density at radius 3 is 1.53 bits per heavy atom. The molecule has 0 amide bonds. The quantitative estimate of drug-likeness (QED) is 0.180. The zero-order valence-electron chi connectivity index (χ0n) is 30.3. The van der Waals surface area contributed by atoms with Gasteiger partial charge in [-0.15, -0.1) is 0 Å². The Bertz CT molecular complexity index is 3760. The maximum atomic E-state index is 16.2. The molecule has 0 fully saturated rings. The Morgan fingerprint density at radius 2 is 0.983 bits per heavy atom. The molecule has 4 heterocycles. The molecule has 8 aromatic carbocycles. The minimum atomic E-state index is -4.79. The van der Waals surface area contributed by atoms with Gasteiger partial charge in [0.15, 0.2) is 0 Å². The van der Waals surface area contributed by atoms with E-state index in [1.807, 2.05) is 132 Å². The third-order valence-electron chi connectivity index (χ3n) is 11.6. The second-order valence-corrected chi connectivity index (χ2v) is 14.6. The Labute approximate surface area is 326 Å². The summed E-state index contributed by atoms with van der Waals surface area (Å²) in [6.07, 6.45) is -4.79. The maximum Gasteiger partial charge on any atom is 0.418 e. The van der Waals surface area contributed by atoms with Crippen molar-refractivity contribution in [2.75, 3.05) is 0 Å². The number of benzene rings is 8. The number of hydrogen-bond donors (Lipinski definition) is 0. The molecule has 0 saturated heterocycles. The predicted octanol–water partition coefficient (Wildman–Crippen LogP) is 14.2. The van der Waals surface area contributed by atoms with Gasteiger partial charge >= 0.3 is 6.18 Å². The minimum absolute atomic E-state index is 0.0442. The van der Waals surface area contributed by atoms with Crippen molar-refractivity contribution in [1.29, 1.82) is 5.26 Å². The predicted molar refractivity (Wildman–Crippen MR) is 225 cm³/mol. The van der Waals surface area contributed by atoms with Crippen LogP contribution < -0.4 is 0 Å². The van der Waals surface area contributed by atoms with Gasteiger partial charge in [0, 0.05) is 37.9 Å². The first kappa shape index (κ1) is 32.5. The largest absolute Gasteiger partial charge is 0.456 e. The maximum absolute atomic E-state index is 16.2. The van der Waals surface area contributed by atoms with Crippen molar-refractivity contribution in [3.05, 3.63) is 169 Å². The normalized spacial score (nSPS) is 12.4. The van der Waals surface area contributed by atoms with Crippen LogP contribution in [0.1, 0.15) is 11.1 Å². The summed E-state index contributed by atoms with van der Waals surface area (Å²) in [4.78, 5) is 0. The van der Waals surface area contributed by atoms with Gasteiger partial charge in [0.05, 0.1) is 61.4 Å². The number of nitriles is 1. The summed E-state index contributed by atoms with van der Waals surface area (Å²) >= 11 is 0. The molecular formula is C50H26F3N3O2. The minimum Gasteiger partial charge on any atom is -0.456 e. The SMILES string of the molecule is N#Cc1cccc(-c2cc(-n3c4ccccc4c4ccc5oc6ccccc6c5c43)c(C(F)(F)F)cc2-n2c3ccccc3c3ccc4oc5ccccc5c4c32)c1. The highest BCUT2D eigenvalue weighted by molar-refractivity contribution is 6.26. The monoisotopic (exact) mass is 757 g/mol. The number of furan rings is 2. The Morgan fingerprint density at radius 1 is 0.466 bits per heavy atom. The van der Waals surface area contributed by atoms with Crippen LogP contribution in [-0.2, 0) is 6.18 Å². The second kappa shape index (κ2) is 11.6. The van der Waals surface area contributed by atoms with Crippen molar-refractivity contribution in [3.8, 4) is 28.6 Å². The van der Waals surface area contributed by atoms with E-state index in [0.29, 0.717) is 55.7 Å². The smallest absolute Gasteiger partial charge is 0.418 e. The number of para-hydroxylation sites is 4. The molecule has 0 aliphatic rings. The number of hydrogen-bond acceptors (Lipinski definition) is 3. The van der Waals surface area contributed by atoms with E-state index in [0.717, 1.165) is 54.1 Å². The second-order valence-electron chi connectivity index (χ2n) is 14.6. The van der Waals surface area contributed by atoms with Gasteiger partial charge in [-0.3, -0.25) is 0 Å². The molecule has 4 aromatic heterocycles. The van der Waals surface area contributed by atoms with E-state index in [2.05, 4.69) is 6.07 Å². The molecule has 0 spiro atoms. The van der Waals surface area contributed by atoms with Crippen molar-refractivity contribution < 1.29 is 22.0 Å². The molecule has 0 aliphatic carbocycles. The Hall–Kier alpha value is -7.76. The number of halogens is 3. The molecule has 0 radical (unpaired) electrons. The van der Waals surface area contributed by atoms with Crippen molar-refractivity contribution in [3.63, 3.8) is 0 Å². The highest BCUT2D eigenvalue weighted by Gasteiger charge is 2.37. The van der Waals surface area contributed by atoms with E-state index in [1.54, 1.807) is 28.8 Å². The summed E-state index contributed by atoms with van der Waals surface area (Å²) in [6, 6.07) is 50.6. The molecule has 0 bridgehead atoms. The van der Waals surface area contributed by atoms with Crippen LogP contribution >= 0.6 is 0 Å². The van der Waals surface area contributed by atoms with Gasteiger partial charge in [0.2, 0.25) is 0 Å². The highest BCUT2D eigenvalue weighted by Crippen LogP contribution is 2.48. The van der Waals surface area contributed by atoms with Gasteiger partial charge in [-0.05, 0) is 78.4 Å². The van der Waals surface area contributed by atoms with Crippen molar-refractivity contribution in [1.82, 2.24) is 9.13 Å². The van der Waals surface area contributed by atoms with Gasteiger partial charge in [-0.1, -0.05) is 84.9 Å². The summed E-state index contributed by atoms with van der Waals surface area (Å²) in [5, 5.41) is 16.6. The van der Waals surface area contributed by atoms with E-state index in [-0.39, 0.29) is 5.69 Å². The van der Waals surface area contributed by atoms with E-state index >= 15 is 13.2 Å². The fourth-order valence-corrected chi connectivity index (χ4v) is 9.19. The van der Waals surface area contributed by atoms with E-state index < -0.39 is 11.7 Å². The van der Waals surface area contributed by atoms with Gasteiger partial charge in [0.25, 0.3) is 0 Å². The van der Waals surface area contributed by atoms with E-state index in [4.69, 9.17) is 8.83 Å². The molecule has 58 heavy (non-hydrogen) atoms. The van der Waals surface area contributed by atoms with E-state index in [1.165, 1.54) is 6.07 Å². The van der Waals surface area contributed by atoms with Crippen LogP contribution in [-0.4, -0.2) is 9.13 Å². The first-order valence-electron chi connectivity index (χ1n) is 18.8. The van der Waals surface area contributed by atoms with Crippen LogP contribution in [0.3, 0.4) is 0 Å². The molecule has 5 nitrogen and oxygen atoms in total. The van der Waals surface area contributed by atoms with Gasteiger partial charge in [-0.25, -0.2) is 0 Å². The standard InChI is InChI=1S/C50H26F3N3O2/c51-50(52,53)37-26-40(55-38-16-5-1-12-30(38)32-20-22-44-46(48(32)55)34-14-3-7-18-42(34)57-44)36(29-11-9-10-28(24-29)27-54)25-41(37)56-39-17-6-2-13-31(39)33-21-23-45-47(49(33)56)35-15-4-8-19-43(35)58-45/h1-26H. The lowest BCUT2D eigenvalue weighted by atomic mass is 9.97. The number of rotatable bonds is 3. The van der Waals surface area contributed by atoms with Crippen LogP contribution in [0, 0.1) is 11.3 Å². The van der Waals surface area contributed by atoms with Crippen molar-refractivity contribution in [2.45, 2.75) is 6.18 Å². The van der Waals surface area contributed by atoms with Crippen molar-refractivity contribution in [2.24, 2.45) is 0 Å². The lowest BCUT2D eigenvalue weighted by Crippen LogP contribution is -2.13. The van der Waals surface area contributed by atoms with Crippen LogP contribution in [0.25, 0.3) is 110 Å². The molecule has 274 valence electrons. The molecule has 0 atom stereocenters. The topological polar surface area (TPSA) is 59.9 Å².